The SMILES string of the molecule is C[C@H](OCc1ccccc1)C(=O)NCCOc1ccc2c(c1)OCO2. The molecule has 0 spiro atoms. The molecule has 1 amide bonds. The summed E-state index contributed by atoms with van der Waals surface area (Å²) < 4.78 is 21.7. The first-order chi connectivity index (χ1) is 12.2. The van der Waals surface area contributed by atoms with Crippen molar-refractivity contribution in [3.05, 3.63) is 54.1 Å². The lowest BCUT2D eigenvalue weighted by atomic mass is 10.2. The van der Waals surface area contributed by atoms with Crippen LogP contribution in [0.3, 0.4) is 0 Å². The predicted molar refractivity (Wildman–Crippen MR) is 91.8 cm³/mol. The standard InChI is InChI=1S/C19H21NO5/c1-14(23-12-15-5-3-2-4-6-15)19(21)20-9-10-22-16-7-8-17-18(11-16)25-13-24-17/h2-8,11,14H,9-10,12-13H2,1H3,(H,20,21)/t14-/m0/s1. The van der Waals surface area contributed by atoms with Gasteiger partial charge in [0, 0.05) is 6.07 Å². The molecule has 1 heterocycles. The first-order valence-electron chi connectivity index (χ1n) is 8.18. The molecule has 132 valence electrons. The molecular formula is C19H21NO5. The number of carbonyl (C=O) groups excluding carboxylic acids is 1. The van der Waals surface area contributed by atoms with Gasteiger partial charge in [-0.25, -0.2) is 0 Å². The van der Waals surface area contributed by atoms with Crippen LogP contribution >= 0.6 is 0 Å². The lowest BCUT2D eigenvalue weighted by molar-refractivity contribution is -0.132. The Hall–Kier alpha value is -2.73. The molecule has 0 aliphatic carbocycles. The zero-order valence-electron chi connectivity index (χ0n) is 14.1. The summed E-state index contributed by atoms with van der Waals surface area (Å²) in [7, 11) is 0. The van der Waals surface area contributed by atoms with Crippen LogP contribution in [0.15, 0.2) is 48.5 Å². The smallest absolute Gasteiger partial charge is 0.248 e. The quantitative estimate of drug-likeness (QED) is 0.746. The van der Waals surface area contributed by atoms with Crippen LogP contribution in [0.2, 0.25) is 0 Å². The number of rotatable bonds is 8. The van der Waals surface area contributed by atoms with Crippen molar-refractivity contribution in [2.24, 2.45) is 0 Å². The van der Waals surface area contributed by atoms with Crippen LogP contribution < -0.4 is 19.5 Å². The van der Waals surface area contributed by atoms with Gasteiger partial charge in [-0.2, -0.15) is 0 Å². The van der Waals surface area contributed by atoms with E-state index in [1.807, 2.05) is 30.3 Å². The molecule has 6 nitrogen and oxygen atoms in total. The normalized spacial score (nSPS) is 13.3. The van der Waals surface area contributed by atoms with Gasteiger partial charge in [-0.1, -0.05) is 30.3 Å². The van der Waals surface area contributed by atoms with Gasteiger partial charge in [0.2, 0.25) is 12.7 Å². The fourth-order valence-corrected chi connectivity index (χ4v) is 2.32. The molecule has 0 saturated heterocycles. The van der Waals surface area contributed by atoms with E-state index in [1.165, 1.54) is 0 Å². The Bertz CT molecular complexity index is 704. The van der Waals surface area contributed by atoms with Crippen molar-refractivity contribution >= 4 is 5.91 Å². The van der Waals surface area contributed by atoms with Crippen molar-refractivity contribution in [3.63, 3.8) is 0 Å². The lowest BCUT2D eigenvalue weighted by Crippen LogP contribution is -2.36. The second-order valence-electron chi connectivity index (χ2n) is 5.59. The molecule has 3 rings (SSSR count). The van der Waals surface area contributed by atoms with Crippen molar-refractivity contribution < 1.29 is 23.7 Å². The number of hydrogen-bond donors (Lipinski definition) is 1. The molecule has 1 N–H and O–H groups in total. The minimum absolute atomic E-state index is 0.162. The summed E-state index contributed by atoms with van der Waals surface area (Å²) >= 11 is 0. The van der Waals surface area contributed by atoms with E-state index in [9.17, 15) is 4.79 Å². The second-order valence-corrected chi connectivity index (χ2v) is 5.59. The summed E-state index contributed by atoms with van der Waals surface area (Å²) in [5.74, 6) is 1.90. The monoisotopic (exact) mass is 343 g/mol. The number of amides is 1. The van der Waals surface area contributed by atoms with E-state index in [2.05, 4.69) is 5.32 Å². The number of ether oxygens (including phenoxy) is 4. The average Bonchev–Trinajstić information content (AvgIpc) is 3.11. The van der Waals surface area contributed by atoms with Crippen LogP contribution in [0.4, 0.5) is 0 Å². The molecule has 1 aliphatic heterocycles. The van der Waals surface area contributed by atoms with Crippen molar-refractivity contribution in [1.82, 2.24) is 5.32 Å². The van der Waals surface area contributed by atoms with Gasteiger partial charge in [0.25, 0.3) is 0 Å². The van der Waals surface area contributed by atoms with Gasteiger partial charge < -0.3 is 24.3 Å². The maximum Gasteiger partial charge on any atom is 0.248 e. The Morgan fingerprint density at radius 2 is 1.96 bits per heavy atom. The van der Waals surface area contributed by atoms with Crippen LogP contribution in [-0.4, -0.2) is 32.0 Å². The van der Waals surface area contributed by atoms with Gasteiger partial charge in [-0.15, -0.1) is 0 Å². The number of fused-ring (bicyclic) bond motifs is 1. The predicted octanol–water partition coefficient (Wildman–Crippen LogP) is 2.52. The molecule has 1 aliphatic rings. The third kappa shape index (κ3) is 4.87. The molecule has 0 bridgehead atoms. The van der Waals surface area contributed by atoms with Crippen LogP contribution in [-0.2, 0) is 16.1 Å². The van der Waals surface area contributed by atoms with Crippen LogP contribution in [0.1, 0.15) is 12.5 Å². The highest BCUT2D eigenvalue weighted by atomic mass is 16.7. The minimum atomic E-state index is -0.522. The topological polar surface area (TPSA) is 66.0 Å². The Labute approximate surface area is 146 Å². The molecule has 0 saturated carbocycles. The maximum atomic E-state index is 12.0. The maximum absolute atomic E-state index is 12.0. The Morgan fingerprint density at radius 1 is 1.16 bits per heavy atom. The van der Waals surface area contributed by atoms with Gasteiger partial charge in [-0.3, -0.25) is 4.79 Å². The number of benzene rings is 2. The summed E-state index contributed by atoms with van der Waals surface area (Å²) in [6.45, 7) is 3.12. The van der Waals surface area contributed by atoms with E-state index in [0.29, 0.717) is 37.0 Å². The van der Waals surface area contributed by atoms with Crippen molar-refractivity contribution in [2.45, 2.75) is 19.6 Å². The average molecular weight is 343 g/mol. The Kier molecular flexibility index (Phi) is 5.74. The zero-order valence-corrected chi connectivity index (χ0v) is 14.1. The van der Waals surface area contributed by atoms with E-state index < -0.39 is 6.10 Å². The second kappa shape index (κ2) is 8.39. The fraction of sp³-hybridized carbons (Fsp3) is 0.316. The molecule has 6 heteroatoms. The largest absolute Gasteiger partial charge is 0.492 e. The first-order valence-corrected chi connectivity index (χ1v) is 8.18. The first kappa shape index (κ1) is 17.1. The summed E-state index contributed by atoms with van der Waals surface area (Å²) in [5, 5.41) is 2.80. The van der Waals surface area contributed by atoms with Crippen molar-refractivity contribution in [3.8, 4) is 17.2 Å². The summed E-state index contributed by atoms with van der Waals surface area (Å²) in [6.07, 6.45) is -0.522. The lowest BCUT2D eigenvalue weighted by Gasteiger charge is -2.14. The molecule has 2 aromatic rings. The molecule has 2 aromatic carbocycles. The number of carbonyl (C=O) groups is 1. The van der Waals surface area contributed by atoms with Crippen molar-refractivity contribution in [2.75, 3.05) is 19.9 Å². The highest BCUT2D eigenvalue weighted by Crippen LogP contribution is 2.34. The third-order valence-electron chi connectivity index (χ3n) is 3.73. The zero-order chi connectivity index (χ0) is 17.5. The summed E-state index contributed by atoms with van der Waals surface area (Å²) in [5.41, 5.74) is 1.04. The van der Waals surface area contributed by atoms with Gasteiger partial charge >= 0.3 is 0 Å². The third-order valence-corrected chi connectivity index (χ3v) is 3.73. The summed E-state index contributed by atoms with van der Waals surface area (Å²) in [6, 6.07) is 15.1. The minimum Gasteiger partial charge on any atom is -0.492 e. The molecule has 25 heavy (non-hydrogen) atoms. The van der Waals surface area contributed by atoms with Gasteiger partial charge in [-0.05, 0) is 24.6 Å². The highest BCUT2D eigenvalue weighted by molar-refractivity contribution is 5.80. The van der Waals surface area contributed by atoms with Gasteiger partial charge in [0.1, 0.15) is 18.5 Å². The van der Waals surface area contributed by atoms with Gasteiger partial charge in [0.05, 0.1) is 13.2 Å². The van der Waals surface area contributed by atoms with Gasteiger partial charge in [0.15, 0.2) is 11.5 Å². The highest BCUT2D eigenvalue weighted by Gasteiger charge is 2.14. The number of hydrogen-bond acceptors (Lipinski definition) is 5. The van der Waals surface area contributed by atoms with E-state index in [1.54, 1.807) is 25.1 Å². The number of nitrogens with one attached hydrogen (secondary N) is 1. The van der Waals surface area contributed by atoms with Crippen molar-refractivity contribution in [1.29, 1.82) is 0 Å². The Morgan fingerprint density at radius 3 is 2.80 bits per heavy atom. The van der Waals surface area contributed by atoms with Crippen LogP contribution in [0, 0.1) is 0 Å². The van der Waals surface area contributed by atoms with E-state index >= 15 is 0 Å². The molecule has 0 fully saturated rings. The Balaban J connectivity index is 1.34. The molecular weight excluding hydrogens is 322 g/mol. The van der Waals surface area contributed by atoms with Crippen LogP contribution in [0.5, 0.6) is 17.2 Å². The van der Waals surface area contributed by atoms with E-state index in [0.717, 1.165) is 5.56 Å². The van der Waals surface area contributed by atoms with E-state index in [-0.39, 0.29) is 12.7 Å². The fourth-order valence-electron chi connectivity index (χ4n) is 2.32. The van der Waals surface area contributed by atoms with Crippen LogP contribution in [0.25, 0.3) is 0 Å². The summed E-state index contributed by atoms with van der Waals surface area (Å²) in [4.78, 5) is 12.0. The van der Waals surface area contributed by atoms with E-state index in [4.69, 9.17) is 18.9 Å². The molecule has 0 unspecified atom stereocenters. The molecule has 0 aromatic heterocycles. The molecule has 1 atom stereocenters. The molecule has 0 radical (unpaired) electrons.